The third-order valence-corrected chi connectivity index (χ3v) is 9.58. The molecule has 298 valence electrons. The average Bonchev–Trinajstić information content (AvgIpc) is 3.23. The van der Waals surface area contributed by atoms with Crippen molar-refractivity contribution in [2.75, 3.05) is 26.4 Å². The van der Waals surface area contributed by atoms with Gasteiger partial charge < -0.3 is 50.6 Å². The van der Waals surface area contributed by atoms with Gasteiger partial charge in [-0.2, -0.15) is 0 Å². The summed E-state index contributed by atoms with van der Waals surface area (Å²) in [5.74, 6) is 1.43. The number of aliphatic imine (C=N–C) groups is 1. The number of unbranched alkanes of at least 4 members (excludes halogenated alkanes) is 6. The predicted octanol–water partition coefficient (Wildman–Crippen LogP) is 9.32. The molecule has 0 radical (unpaired) electrons. The van der Waals surface area contributed by atoms with Gasteiger partial charge in [0.25, 0.3) is 0 Å². The van der Waals surface area contributed by atoms with E-state index in [9.17, 15) is 15.3 Å². The highest BCUT2D eigenvalue weighted by Gasteiger charge is 2.22. The first-order valence-corrected chi connectivity index (χ1v) is 19.6. The summed E-state index contributed by atoms with van der Waals surface area (Å²) < 4.78 is 22.5. The average molecular weight is 761 g/mol. The van der Waals surface area contributed by atoms with E-state index < -0.39 is 5.97 Å². The quantitative estimate of drug-likeness (QED) is 0.0303. The van der Waals surface area contributed by atoms with E-state index in [1.54, 1.807) is 30.3 Å². The Morgan fingerprint density at radius 1 is 0.804 bits per heavy atom. The van der Waals surface area contributed by atoms with Gasteiger partial charge in [0.15, 0.2) is 0 Å². The van der Waals surface area contributed by atoms with Gasteiger partial charge in [-0.25, -0.2) is 4.79 Å². The number of benzene rings is 3. The molecule has 1 fully saturated rings. The Labute approximate surface area is 331 Å². The van der Waals surface area contributed by atoms with Crippen LogP contribution < -0.4 is 19.3 Å². The van der Waals surface area contributed by atoms with Crippen LogP contribution in [-0.4, -0.2) is 62.2 Å². The summed E-state index contributed by atoms with van der Waals surface area (Å²) in [7, 11) is 0. The molecule has 0 aromatic heterocycles. The number of rotatable bonds is 24. The molecule has 3 aromatic rings. The molecule has 56 heavy (non-hydrogen) atoms. The number of amidine groups is 1. The maximum atomic E-state index is 13.0. The highest BCUT2D eigenvalue weighted by molar-refractivity contribution is 6.06. The largest absolute Gasteiger partial charge is 0.859 e. The molecule has 1 saturated carbocycles. The van der Waals surface area contributed by atoms with Crippen LogP contribution in [0.5, 0.6) is 17.2 Å². The molecule has 0 bridgehead atoms. The summed E-state index contributed by atoms with van der Waals surface area (Å²) in [5.41, 5.74) is 2.79. The van der Waals surface area contributed by atoms with Gasteiger partial charge in [-0.3, -0.25) is 0 Å². The molecule has 11 nitrogen and oxygen atoms in total. The van der Waals surface area contributed by atoms with Crippen molar-refractivity contribution in [2.45, 2.75) is 89.0 Å². The van der Waals surface area contributed by atoms with Crippen LogP contribution in [0.15, 0.2) is 97.0 Å². The number of carbonyl (C=O) groups excluding carboxylic acids is 1. The summed E-state index contributed by atoms with van der Waals surface area (Å²) in [4.78, 5) is 16.8. The van der Waals surface area contributed by atoms with Gasteiger partial charge in [0.1, 0.15) is 17.2 Å². The van der Waals surface area contributed by atoms with E-state index in [0.29, 0.717) is 54.9 Å². The smallest absolute Gasteiger partial charge is 0.343 e. The zero-order valence-electron chi connectivity index (χ0n) is 32.3. The predicted molar refractivity (Wildman–Crippen MR) is 222 cm³/mol. The molecular weight excluding hydrogens is 707 g/mol. The SMILES string of the molecule is C=CC(=[N-])OCCCCCCOc1ccc(C(=N)[N-]C2CCC(c3ccc(OC(=O)c4ccc(OCCCCCCN=C([O-])C=C)cc4)c(C=N)c3)CC2)cc1. The second-order valence-electron chi connectivity index (χ2n) is 13.7. The van der Waals surface area contributed by atoms with Crippen LogP contribution >= 0.6 is 0 Å². The number of carbonyl (C=O) groups is 1. The van der Waals surface area contributed by atoms with Crippen molar-refractivity contribution in [1.29, 1.82) is 10.8 Å². The van der Waals surface area contributed by atoms with E-state index in [0.717, 1.165) is 93.9 Å². The summed E-state index contributed by atoms with van der Waals surface area (Å²) in [6.07, 6.45) is 14.7. The van der Waals surface area contributed by atoms with E-state index in [-0.39, 0.29) is 23.7 Å². The second-order valence-corrected chi connectivity index (χ2v) is 13.7. The van der Waals surface area contributed by atoms with E-state index in [2.05, 4.69) is 18.2 Å². The minimum Gasteiger partial charge on any atom is -0.859 e. The molecule has 1 aliphatic carbocycles. The lowest BCUT2D eigenvalue weighted by molar-refractivity contribution is -0.212. The van der Waals surface area contributed by atoms with Crippen molar-refractivity contribution >= 4 is 29.8 Å². The maximum Gasteiger partial charge on any atom is 0.343 e. The van der Waals surface area contributed by atoms with Crippen molar-refractivity contribution < 1.29 is 28.8 Å². The number of esters is 1. The first-order chi connectivity index (χ1) is 27.3. The third kappa shape index (κ3) is 14.8. The van der Waals surface area contributed by atoms with Crippen molar-refractivity contribution in [1.82, 2.24) is 0 Å². The Hall–Kier alpha value is -5.71. The summed E-state index contributed by atoms with van der Waals surface area (Å²) in [5, 5.41) is 41.7. The molecule has 2 N–H and O–H groups in total. The monoisotopic (exact) mass is 760 g/mol. The molecule has 0 amide bonds. The zero-order valence-corrected chi connectivity index (χ0v) is 32.3. The van der Waals surface area contributed by atoms with Gasteiger partial charge in [-0.15, -0.1) is 0 Å². The fourth-order valence-electron chi connectivity index (χ4n) is 6.37. The third-order valence-electron chi connectivity index (χ3n) is 9.58. The van der Waals surface area contributed by atoms with E-state index in [1.165, 1.54) is 18.4 Å². The van der Waals surface area contributed by atoms with Crippen LogP contribution in [0.2, 0.25) is 0 Å². The molecule has 0 unspecified atom stereocenters. The summed E-state index contributed by atoms with van der Waals surface area (Å²) >= 11 is 0. The molecule has 0 saturated heterocycles. The molecule has 0 atom stereocenters. The van der Waals surface area contributed by atoms with Crippen LogP contribution in [0.1, 0.15) is 110 Å². The number of hydrogen-bond acceptors (Lipinski definition) is 9. The highest BCUT2D eigenvalue weighted by atomic mass is 16.5. The Balaban J connectivity index is 1.14. The summed E-state index contributed by atoms with van der Waals surface area (Å²) in [6.45, 7) is 9.00. The van der Waals surface area contributed by atoms with Gasteiger partial charge in [-0.1, -0.05) is 68.6 Å². The normalized spacial score (nSPS) is 15.2. The molecule has 11 heteroatoms. The van der Waals surface area contributed by atoms with Crippen LogP contribution in [0.25, 0.3) is 10.7 Å². The number of hydrogen-bond donors (Lipinski definition) is 2. The van der Waals surface area contributed by atoms with Gasteiger partial charge >= 0.3 is 5.97 Å². The van der Waals surface area contributed by atoms with Crippen LogP contribution in [0.4, 0.5) is 0 Å². The lowest BCUT2D eigenvalue weighted by atomic mass is 9.81. The Morgan fingerprint density at radius 3 is 1.98 bits per heavy atom. The van der Waals surface area contributed by atoms with Crippen molar-refractivity contribution in [3.8, 4) is 17.2 Å². The Bertz CT molecular complexity index is 1760. The molecule has 0 heterocycles. The first-order valence-electron chi connectivity index (χ1n) is 19.6. The molecule has 3 aromatic carbocycles. The highest BCUT2D eigenvalue weighted by Crippen LogP contribution is 2.37. The lowest BCUT2D eigenvalue weighted by Crippen LogP contribution is -2.20. The van der Waals surface area contributed by atoms with Crippen LogP contribution in [0, 0.1) is 10.8 Å². The van der Waals surface area contributed by atoms with Crippen molar-refractivity contribution in [2.24, 2.45) is 4.99 Å². The van der Waals surface area contributed by atoms with Gasteiger partial charge in [0.2, 0.25) is 0 Å². The number of ether oxygens (including phenoxy) is 4. The number of nitrogens with one attached hydrogen (secondary N) is 2. The van der Waals surface area contributed by atoms with Crippen LogP contribution in [-0.2, 0) is 4.74 Å². The summed E-state index contributed by atoms with van der Waals surface area (Å²) in [6, 6.07) is 20.1. The maximum absolute atomic E-state index is 13.0. The van der Waals surface area contributed by atoms with Crippen LogP contribution in [0.3, 0.4) is 0 Å². The standard InChI is InChI=1S/C45H55N5O6/c1-3-42(47)55-30-12-8-7-11-29-53-39-22-15-34(16-23-39)44(48)50-38-20-13-33(14-21-38)36-19-26-41(37(31-36)32-46)56-45(52)35-17-24-40(25-18-35)54-28-10-6-5-9-27-49-43(51)4-2/h3-4,15-19,22-26,31-33,38,46H,1-2,5-14,20-21,27-30H2,(H2-,48,49,50,51)/q-2/p-1. The van der Waals surface area contributed by atoms with E-state index in [1.807, 2.05) is 36.4 Å². The molecular formula is C45H54N5O6-3. The fraction of sp³-hybridized carbons (Fsp3) is 0.400. The molecule has 0 aliphatic heterocycles. The lowest BCUT2D eigenvalue weighted by Gasteiger charge is -2.34. The Morgan fingerprint density at radius 2 is 1.39 bits per heavy atom. The van der Waals surface area contributed by atoms with Crippen molar-refractivity contribution in [3.63, 3.8) is 0 Å². The second kappa shape index (κ2) is 23.9. The molecule has 0 spiro atoms. The van der Waals surface area contributed by atoms with Gasteiger partial charge in [-0.05, 0) is 141 Å². The zero-order chi connectivity index (χ0) is 40.0. The molecule has 1 aliphatic rings. The Kier molecular flexibility index (Phi) is 18.4. The molecule has 4 rings (SSSR count). The van der Waals surface area contributed by atoms with E-state index >= 15 is 0 Å². The van der Waals surface area contributed by atoms with Gasteiger partial charge in [0, 0.05) is 18.3 Å². The minimum atomic E-state index is -0.505. The van der Waals surface area contributed by atoms with Crippen molar-refractivity contribution in [3.05, 3.63) is 125 Å². The minimum absolute atomic E-state index is 0.0751. The first kappa shape index (κ1) is 43.0. The number of nitrogens with zero attached hydrogens (tertiary/aromatic N) is 3. The topological polar surface area (TPSA) is 174 Å². The van der Waals surface area contributed by atoms with Gasteiger partial charge in [0.05, 0.1) is 25.4 Å². The van der Waals surface area contributed by atoms with E-state index in [4.69, 9.17) is 35.1 Å². The fourth-order valence-corrected chi connectivity index (χ4v) is 6.37.